The molecule has 0 N–H and O–H groups in total. The van der Waals surface area contributed by atoms with Crippen molar-refractivity contribution in [2.75, 3.05) is 18.1 Å². The van der Waals surface area contributed by atoms with Crippen molar-refractivity contribution < 1.29 is 13.9 Å². The molecule has 1 aliphatic rings. The third-order valence-electron chi connectivity index (χ3n) is 2.61. The van der Waals surface area contributed by atoms with Gasteiger partial charge in [0.25, 0.3) is 5.91 Å². The van der Waals surface area contributed by atoms with E-state index in [1.54, 1.807) is 23.2 Å². The number of fused-ring (bicyclic) bond motifs is 1. The van der Waals surface area contributed by atoms with Crippen molar-refractivity contribution in [1.82, 2.24) is 4.98 Å². The Morgan fingerprint density at radius 2 is 2.35 bits per heavy atom. The van der Waals surface area contributed by atoms with Crippen LogP contribution in [0.5, 0.6) is 5.88 Å². The van der Waals surface area contributed by atoms with Crippen molar-refractivity contribution in [2.24, 2.45) is 0 Å². The summed E-state index contributed by atoms with van der Waals surface area (Å²) in [6.45, 7) is 0.969. The van der Waals surface area contributed by atoms with Gasteiger partial charge in [0, 0.05) is 6.20 Å². The quantitative estimate of drug-likeness (QED) is 0.748. The van der Waals surface area contributed by atoms with Gasteiger partial charge in [0.1, 0.15) is 18.6 Å². The Morgan fingerprint density at radius 1 is 1.41 bits per heavy atom. The number of carbonyl (C=O) groups excluding carboxylic acids is 1. The van der Waals surface area contributed by atoms with Crippen LogP contribution in [0.4, 0.5) is 5.69 Å². The molecule has 17 heavy (non-hydrogen) atoms. The van der Waals surface area contributed by atoms with Crippen LogP contribution in [0.3, 0.4) is 0 Å². The zero-order chi connectivity index (χ0) is 11.7. The smallest absolute Gasteiger partial charge is 0.261 e. The number of anilines is 1. The van der Waals surface area contributed by atoms with Crippen LogP contribution in [-0.2, 0) is 0 Å². The zero-order valence-corrected chi connectivity index (χ0v) is 9.00. The van der Waals surface area contributed by atoms with Crippen molar-refractivity contribution in [3.8, 4) is 5.88 Å². The van der Waals surface area contributed by atoms with E-state index in [4.69, 9.17) is 9.15 Å². The molecule has 0 spiro atoms. The summed E-state index contributed by atoms with van der Waals surface area (Å²) >= 11 is 0. The Balaban J connectivity index is 1.98. The number of hydrogen-bond donors (Lipinski definition) is 0. The van der Waals surface area contributed by atoms with Gasteiger partial charge >= 0.3 is 0 Å². The average molecular weight is 230 g/mol. The number of rotatable bonds is 1. The van der Waals surface area contributed by atoms with Crippen LogP contribution in [0.15, 0.2) is 41.3 Å². The summed E-state index contributed by atoms with van der Waals surface area (Å²) in [6, 6.07) is 5.25. The molecule has 0 unspecified atom stereocenters. The highest BCUT2D eigenvalue weighted by atomic mass is 16.5. The molecule has 0 radical (unpaired) electrons. The summed E-state index contributed by atoms with van der Waals surface area (Å²) in [5.74, 6) is 0.395. The third kappa shape index (κ3) is 1.65. The van der Waals surface area contributed by atoms with Crippen LogP contribution in [-0.4, -0.2) is 24.0 Å². The van der Waals surface area contributed by atoms with Crippen LogP contribution in [0.2, 0.25) is 0 Å². The van der Waals surface area contributed by atoms with Gasteiger partial charge < -0.3 is 9.15 Å². The fourth-order valence-electron chi connectivity index (χ4n) is 1.81. The molecule has 0 aromatic carbocycles. The van der Waals surface area contributed by atoms with Gasteiger partial charge in [-0.25, -0.2) is 4.98 Å². The summed E-state index contributed by atoms with van der Waals surface area (Å²) < 4.78 is 10.3. The lowest BCUT2D eigenvalue weighted by Gasteiger charge is -2.28. The largest absolute Gasteiger partial charge is 0.474 e. The topological polar surface area (TPSA) is 55.6 Å². The normalized spacial score (nSPS) is 14.0. The third-order valence-corrected chi connectivity index (χ3v) is 2.61. The Bertz CT molecular complexity index is 536. The summed E-state index contributed by atoms with van der Waals surface area (Å²) in [7, 11) is 0. The lowest BCUT2D eigenvalue weighted by molar-refractivity contribution is 0.0975. The first-order valence-electron chi connectivity index (χ1n) is 5.28. The molecule has 86 valence electrons. The highest BCUT2D eigenvalue weighted by Gasteiger charge is 2.25. The average Bonchev–Trinajstić information content (AvgIpc) is 2.91. The number of hydrogen-bond acceptors (Lipinski definition) is 4. The van der Waals surface area contributed by atoms with Gasteiger partial charge in [-0.3, -0.25) is 9.69 Å². The van der Waals surface area contributed by atoms with Crippen LogP contribution < -0.4 is 9.64 Å². The lowest BCUT2D eigenvalue weighted by atomic mass is 10.2. The van der Waals surface area contributed by atoms with Gasteiger partial charge in [-0.2, -0.15) is 0 Å². The fourth-order valence-corrected chi connectivity index (χ4v) is 1.81. The van der Waals surface area contributed by atoms with Gasteiger partial charge in [0.2, 0.25) is 5.88 Å². The Kier molecular flexibility index (Phi) is 2.29. The van der Waals surface area contributed by atoms with Crippen molar-refractivity contribution >= 4 is 11.6 Å². The predicted molar refractivity (Wildman–Crippen MR) is 60.1 cm³/mol. The molecule has 0 saturated heterocycles. The van der Waals surface area contributed by atoms with E-state index in [2.05, 4.69) is 4.98 Å². The number of aromatic nitrogens is 1. The van der Waals surface area contributed by atoms with Gasteiger partial charge in [0.15, 0.2) is 0 Å². The number of ether oxygens (including phenoxy) is 1. The first-order chi connectivity index (χ1) is 8.36. The van der Waals surface area contributed by atoms with Gasteiger partial charge in [-0.1, -0.05) is 0 Å². The van der Waals surface area contributed by atoms with E-state index in [0.717, 1.165) is 0 Å². The molecule has 5 heteroatoms. The van der Waals surface area contributed by atoms with Gasteiger partial charge in [-0.15, -0.1) is 0 Å². The van der Waals surface area contributed by atoms with Crippen molar-refractivity contribution in [2.45, 2.75) is 0 Å². The van der Waals surface area contributed by atoms with E-state index in [1.165, 1.54) is 12.5 Å². The second kappa shape index (κ2) is 3.93. The minimum atomic E-state index is -0.101. The Hall–Kier alpha value is -2.30. The Labute approximate surface area is 97.6 Å². The highest BCUT2D eigenvalue weighted by molar-refractivity contribution is 6.06. The molecule has 0 atom stereocenters. The minimum Gasteiger partial charge on any atom is -0.474 e. The highest BCUT2D eigenvalue weighted by Crippen LogP contribution is 2.29. The number of furan rings is 1. The molecule has 1 amide bonds. The lowest BCUT2D eigenvalue weighted by Crippen LogP contribution is -2.38. The molecule has 5 nitrogen and oxygen atoms in total. The van der Waals surface area contributed by atoms with E-state index in [0.29, 0.717) is 30.3 Å². The molecule has 0 saturated carbocycles. The SMILES string of the molecule is O=C(c1ccoc1)N1CCOc2ncccc21. The van der Waals surface area contributed by atoms with Crippen molar-refractivity contribution in [3.05, 3.63) is 42.5 Å². The molecule has 3 rings (SSSR count). The van der Waals surface area contributed by atoms with Crippen LogP contribution in [0.1, 0.15) is 10.4 Å². The fraction of sp³-hybridized carbons (Fsp3) is 0.167. The van der Waals surface area contributed by atoms with E-state index < -0.39 is 0 Å². The standard InChI is InChI=1S/C12H10N2O3/c15-12(9-3-6-16-8-9)14-5-7-17-11-10(14)2-1-4-13-11/h1-4,6,8H,5,7H2. The zero-order valence-electron chi connectivity index (χ0n) is 9.00. The maximum atomic E-state index is 12.2. The summed E-state index contributed by atoms with van der Waals surface area (Å²) in [6.07, 6.45) is 4.57. The number of nitrogens with zero attached hydrogens (tertiary/aromatic N) is 2. The predicted octanol–water partition coefficient (Wildman–Crippen LogP) is 1.71. The summed E-state index contributed by atoms with van der Waals surface area (Å²) in [5, 5.41) is 0. The maximum Gasteiger partial charge on any atom is 0.261 e. The van der Waals surface area contributed by atoms with Crippen LogP contribution >= 0.6 is 0 Å². The van der Waals surface area contributed by atoms with Crippen molar-refractivity contribution in [1.29, 1.82) is 0 Å². The summed E-state index contributed by atoms with van der Waals surface area (Å²) in [5.41, 5.74) is 1.23. The first-order valence-corrected chi connectivity index (χ1v) is 5.28. The summed E-state index contributed by atoms with van der Waals surface area (Å²) in [4.78, 5) is 17.9. The van der Waals surface area contributed by atoms with Crippen LogP contribution in [0, 0.1) is 0 Å². The molecule has 0 bridgehead atoms. The molecular weight excluding hydrogens is 220 g/mol. The molecule has 3 heterocycles. The molecular formula is C12H10N2O3. The Morgan fingerprint density at radius 3 is 3.18 bits per heavy atom. The number of pyridine rings is 1. The van der Waals surface area contributed by atoms with Gasteiger partial charge in [0.05, 0.1) is 18.4 Å². The molecule has 2 aromatic heterocycles. The molecule has 0 aliphatic carbocycles. The molecule has 1 aliphatic heterocycles. The van der Waals surface area contributed by atoms with Crippen LogP contribution in [0.25, 0.3) is 0 Å². The first kappa shape index (κ1) is 9.89. The van der Waals surface area contributed by atoms with E-state index >= 15 is 0 Å². The van der Waals surface area contributed by atoms with E-state index in [-0.39, 0.29) is 5.91 Å². The minimum absolute atomic E-state index is 0.101. The van der Waals surface area contributed by atoms with Crippen molar-refractivity contribution in [3.63, 3.8) is 0 Å². The second-order valence-corrected chi connectivity index (χ2v) is 3.64. The monoisotopic (exact) mass is 230 g/mol. The maximum absolute atomic E-state index is 12.2. The molecule has 0 fully saturated rings. The van der Waals surface area contributed by atoms with E-state index in [1.807, 2.05) is 6.07 Å². The van der Waals surface area contributed by atoms with E-state index in [9.17, 15) is 4.79 Å². The number of carbonyl (C=O) groups is 1. The van der Waals surface area contributed by atoms with Gasteiger partial charge in [-0.05, 0) is 18.2 Å². The second-order valence-electron chi connectivity index (χ2n) is 3.64. The molecule has 2 aromatic rings. The number of amides is 1.